The third kappa shape index (κ3) is 3.20. The minimum absolute atomic E-state index is 0.145. The Balaban J connectivity index is 3.22. The zero-order valence-corrected chi connectivity index (χ0v) is 11.7. The van der Waals surface area contributed by atoms with Crippen LogP contribution in [0.25, 0.3) is 0 Å². The van der Waals surface area contributed by atoms with E-state index in [0.717, 1.165) is 4.47 Å². The van der Waals surface area contributed by atoms with Crippen LogP contribution in [0.4, 0.5) is 0 Å². The van der Waals surface area contributed by atoms with Crippen molar-refractivity contribution >= 4 is 26.0 Å². The first kappa shape index (κ1) is 13.5. The Labute approximate surface area is 104 Å². The summed E-state index contributed by atoms with van der Waals surface area (Å²) in [6, 6.07) is 4.64. The molecule has 0 saturated carbocycles. The molecule has 0 heterocycles. The second-order valence-corrected chi connectivity index (χ2v) is 6.17. The highest BCUT2D eigenvalue weighted by Gasteiger charge is 2.20. The average molecular weight is 308 g/mol. The van der Waals surface area contributed by atoms with Crippen LogP contribution in [0.3, 0.4) is 0 Å². The van der Waals surface area contributed by atoms with Gasteiger partial charge in [-0.25, -0.2) is 13.1 Å². The van der Waals surface area contributed by atoms with E-state index in [1.807, 2.05) is 0 Å². The highest BCUT2D eigenvalue weighted by Crippen LogP contribution is 2.27. The summed E-state index contributed by atoms with van der Waals surface area (Å²) in [6.07, 6.45) is 0. The number of sulfonamides is 1. The molecular weight excluding hydrogens is 294 g/mol. The molecule has 0 aliphatic rings. The van der Waals surface area contributed by atoms with E-state index in [-0.39, 0.29) is 10.9 Å². The van der Waals surface area contributed by atoms with Crippen LogP contribution < -0.4 is 9.46 Å². The lowest BCUT2D eigenvalue weighted by atomic mass is 10.3. The molecule has 16 heavy (non-hydrogen) atoms. The Bertz CT molecular complexity index is 471. The van der Waals surface area contributed by atoms with E-state index in [9.17, 15) is 8.42 Å². The molecule has 0 bridgehead atoms. The summed E-state index contributed by atoms with van der Waals surface area (Å²) in [6.45, 7) is 3.53. The molecule has 0 atom stereocenters. The second kappa shape index (κ2) is 5.16. The van der Waals surface area contributed by atoms with Crippen molar-refractivity contribution in [1.82, 2.24) is 4.72 Å². The predicted octanol–water partition coefficient (Wildman–Crippen LogP) is 2.14. The molecule has 0 saturated heterocycles. The van der Waals surface area contributed by atoms with Crippen molar-refractivity contribution in [2.45, 2.75) is 24.8 Å². The molecule has 90 valence electrons. The fraction of sp³-hybridized carbons (Fsp3) is 0.400. The summed E-state index contributed by atoms with van der Waals surface area (Å²) >= 11 is 3.26. The topological polar surface area (TPSA) is 55.4 Å². The average Bonchev–Trinajstić information content (AvgIpc) is 2.15. The predicted molar refractivity (Wildman–Crippen MR) is 66.2 cm³/mol. The molecule has 0 aliphatic carbocycles. The molecule has 0 amide bonds. The number of ether oxygens (including phenoxy) is 1. The number of methoxy groups -OCH3 is 1. The minimum Gasteiger partial charge on any atom is -0.495 e. The molecule has 1 N–H and O–H groups in total. The molecule has 0 aliphatic heterocycles. The number of halogens is 1. The van der Waals surface area contributed by atoms with Crippen molar-refractivity contribution in [2.75, 3.05) is 7.11 Å². The minimum atomic E-state index is -3.51. The number of rotatable bonds is 4. The van der Waals surface area contributed by atoms with Gasteiger partial charge in [-0.15, -0.1) is 0 Å². The van der Waals surface area contributed by atoms with Gasteiger partial charge in [0.25, 0.3) is 0 Å². The number of hydrogen-bond donors (Lipinski definition) is 1. The molecule has 1 aromatic rings. The first-order chi connectivity index (χ1) is 7.36. The molecule has 1 aromatic carbocycles. The van der Waals surface area contributed by atoms with Crippen molar-refractivity contribution < 1.29 is 13.2 Å². The Morgan fingerprint density at radius 3 is 2.50 bits per heavy atom. The summed E-state index contributed by atoms with van der Waals surface area (Å²) in [4.78, 5) is 0.145. The second-order valence-electron chi connectivity index (χ2n) is 3.57. The molecule has 1 rings (SSSR count). The fourth-order valence-corrected chi connectivity index (χ4v) is 2.98. The lowest BCUT2D eigenvalue weighted by Gasteiger charge is -2.12. The van der Waals surface area contributed by atoms with Crippen LogP contribution >= 0.6 is 15.9 Å². The van der Waals surface area contributed by atoms with Gasteiger partial charge in [-0.1, -0.05) is 15.9 Å². The fourth-order valence-electron chi connectivity index (χ4n) is 1.24. The van der Waals surface area contributed by atoms with Gasteiger partial charge in [0, 0.05) is 10.5 Å². The summed E-state index contributed by atoms with van der Waals surface area (Å²) in [5, 5.41) is 0. The summed E-state index contributed by atoms with van der Waals surface area (Å²) in [5.74, 6) is 0.322. The largest absolute Gasteiger partial charge is 0.495 e. The van der Waals surface area contributed by atoms with E-state index in [4.69, 9.17) is 4.74 Å². The highest BCUT2D eigenvalue weighted by atomic mass is 79.9. The lowest BCUT2D eigenvalue weighted by molar-refractivity contribution is 0.402. The third-order valence-electron chi connectivity index (χ3n) is 1.81. The number of benzene rings is 1. The molecule has 6 heteroatoms. The Morgan fingerprint density at radius 2 is 2.00 bits per heavy atom. The van der Waals surface area contributed by atoms with Crippen molar-refractivity contribution in [3.8, 4) is 5.75 Å². The maximum absolute atomic E-state index is 11.9. The molecule has 0 unspecified atom stereocenters. The maximum Gasteiger partial charge on any atom is 0.244 e. The molecule has 0 fully saturated rings. The van der Waals surface area contributed by atoms with Gasteiger partial charge in [0.2, 0.25) is 10.0 Å². The first-order valence-corrected chi connectivity index (χ1v) is 7.00. The summed E-state index contributed by atoms with van der Waals surface area (Å²) in [7, 11) is -2.07. The molecule has 4 nitrogen and oxygen atoms in total. The Morgan fingerprint density at radius 1 is 1.38 bits per heavy atom. The zero-order chi connectivity index (χ0) is 12.3. The molecule has 0 radical (unpaired) electrons. The van der Waals surface area contributed by atoms with E-state index in [1.54, 1.807) is 26.0 Å². The first-order valence-electron chi connectivity index (χ1n) is 4.72. The van der Waals surface area contributed by atoms with Gasteiger partial charge in [0.15, 0.2) is 0 Å². The smallest absolute Gasteiger partial charge is 0.244 e. The lowest BCUT2D eigenvalue weighted by Crippen LogP contribution is -2.30. The van der Waals surface area contributed by atoms with E-state index in [0.29, 0.717) is 5.75 Å². The summed E-state index contributed by atoms with van der Waals surface area (Å²) in [5.41, 5.74) is 0. The van der Waals surface area contributed by atoms with Gasteiger partial charge in [-0.3, -0.25) is 0 Å². The molecule has 0 spiro atoms. The Hall–Kier alpha value is -0.590. The van der Waals surface area contributed by atoms with Gasteiger partial charge in [-0.2, -0.15) is 0 Å². The standard InChI is InChI=1S/C10H14BrNO3S/c1-7(2)12-16(13,14)10-5-4-8(11)6-9(10)15-3/h4-7,12H,1-3H3. The van der Waals surface area contributed by atoms with E-state index < -0.39 is 10.0 Å². The van der Waals surface area contributed by atoms with Crippen molar-refractivity contribution in [2.24, 2.45) is 0 Å². The quantitative estimate of drug-likeness (QED) is 0.927. The molecular formula is C10H14BrNO3S. The van der Waals surface area contributed by atoms with Crippen molar-refractivity contribution in [3.63, 3.8) is 0 Å². The van der Waals surface area contributed by atoms with Crippen molar-refractivity contribution in [3.05, 3.63) is 22.7 Å². The third-order valence-corrected chi connectivity index (χ3v) is 4.00. The number of hydrogen-bond acceptors (Lipinski definition) is 3. The van der Waals surface area contributed by atoms with Crippen LogP contribution in [0, 0.1) is 0 Å². The monoisotopic (exact) mass is 307 g/mol. The van der Waals surface area contributed by atoms with E-state index in [1.165, 1.54) is 13.2 Å². The number of nitrogens with one attached hydrogen (secondary N) is 1. The van der Waals surface area contributed by atoms with Crippen LogP contribution in [0.5, 0.6) is 5.75 Å². The van der Waals surface area contributed by atoms with Crippen LogP contribution in [-0.2, 0) is 10.0 Å². The van der Waals surface area contributed by atoms with Crippen molar-refractivity contribution in [1.29, 1.82) is 0 Å². The van der Waals surface area contributed by atoms with Crippen LogP contribution in [-0.4, -0.2) is 21.6 Å². The zero-order valence-electron chi connectivity index (χ0n) is 9.32. The van der Waals surface area contributed by atoms with E-state index >= 15 is 0 Å². The normalized spacial score (nSPS) is 11.8. The van der Waals surface area contributed by atoms with Gasteiger partial charge in [0.1, 0.15) is 10.6 Å². The Kier molecular flexibility index (Phi) is 4.35. The van der Waals surface area contributed by atoms with E-state index in [2.05, 4.69) is 20.7 Å². The van der Waals surface area contributed by atoms with Crippen LogP contribution in [0.1, 0.15) is 13.8 Å². The summed E-state index contributed by atoms with van der Waals surface area (Å²) < 4.78 is 32.2. The molecule has 0 aromatic heterocycles. The SMILES string of the molecule is COc1cc(Br)ccc1S(=O)(=O)NC(C)C. The van der Waals surface area contributed by atoms with Gasteiger partial charge >= 0.3 is 0 Å². The van der Waals surface area contributed by atoms with Crippen LogP contribution in [0.2, 0.25) is 0 Å². The maximum atomic E-state index is 11.9. The van der Waals surface area contributed by atoms with Gasteiger partial charge in [0.05, 0.1) is 7.11 Å². The highest BCUT2D eigenvalue weighted by molar-refractivity contribution is 9.10. The van der Waals surface area contributed by atoms with Gasteiger partial charge in [-0.05, 0) is 32.0 Å². The van der Waals surface area contributed by atoms with Crippen LogP contribution in [0.15, 0.2) is 27.6 Å². The van der Waals surface area contributed by atoms with Gasteiger partial charge < -0.3 is 4.74 Å².